The van der Waals surface area contributed by atoms with Gasteiger partial charge in [0.05, 0.1) is 18.6 Å². The summed E-state index contributed by atoms with van der Waals surface area (Å²) in [5.74, 6) is -1.83. The van der Waals surface area contributed by atoms with E-state index >= 15 is 0 Å². The summed E-state index contributed by atoms with van der Waals surface area (Å²) >= 11 is 0.695. The van der Waals surface area contributed by atoms with Crippen LogP contribution >= 0.6 is 11.5 Å². The molecule has 0 aliphatic heterocycles. The molecule has 3 amide bonds. The lowest BCUT2D eigenvalue weighted by molar-refractivity contribution is -0.128. The Morgan fingerprint density at radius 2 is 2.07 bits per heavy atom. The number of nitrogen functional groups attached to an aromatic ring is 1. The summed E-state index contributed by atoms with van der Waals surface area (Å²) in [7, 11) is 0. The van der Waals surface area contributed by atoms with E-state index in [1.807, 2.05) is 0 Å². The van der Waals surface area contributed by atoms with Crippen LogP contribution in [0, 0.1) is 0 Å². The summed E-state index contributed by atoms with van der Waals surface area (Å²) in [6, 6.07) is 1.98. The third-order valence-electron chi connectivity index (χ3n) is 3.63. The number of anilines is 1. The standard InChI is InChI=1S/C17H23N5O5S/c1-17(2,3)20-15(25)12(9-5-4-8-27-9)22(6-7-23)16(26)13-10(18)11(14(19)24)21-28-13/h4-5,8,12,23H,6-7,18H2,1-3H3,(H2,19,24)(H,20,25). The molecule has 1 atom stereocenters. The zero-order valence-electron chi connectivity index (χ0n) is 15.8. The van der Waals surface area contributed by atoms with E-state index in [9.17, 15) is 19.5 Å². The second-order valence-corrected chi connectivity index (χ2v) is 7.79. The molecule has 2 rings (SSSR count). The van der Waals surface area contributed by atoms with Crippen LogP contribution in [-0.4, -0.2) is 50.8 Å². The molecule has 0 aliphatic rings. The Balaban J connectivity index is 2.48. The van der Waals surface area contributed by atoms with E-state index in [0.29, 0.717) is 11.5 Å². The van der Waals surface area contributed by atoms with E-state index in [1.165, 1.54) is 6.26 Å². The van der Waals surface area contributed by atoms with Crippen molar-refractivity contribution in [2.45, 2.75) is 32.4 Å². The number of aliphatic hydroxyl groups is 1. The molecule has 152 valence electrons. The van der Waals surface area contributed by atoms with Crippen molar-refractivity contribution in [3.8, 4) is 0 Å². The molecule has 2 aromatic heterocycles. The normalized spacial score (nSPS) is 12.4. The Labute approximate surface area is 165 Å². The third kappa shape index (κ3) is 4.67. The minimum absolute atomic E-state index is 0.0534. The number of aromatic nitrogens is 1. The van der Waals surface area contributed by atoms with Gasteiger partial charge in [0.1, 0.15) is 10.6 Å². The Morgan fingerprint density at radius 1 is 1.39 bits per heavy atom. The van der Waals surface area contributed by atoms with Gasteiger partial charge in [-0.1, -0.05) is 0 Å². The highest BCUT2D eigenvalue weighted by Crippen LogP contribution is 2.29. The van der Waals surface area contributed by atoms with Crippen LogP contribution in [0.25, 0.3) is 0 Å². The second-order valence-electron chi connectivity index (χ2n) is 7.02. The molecule has 0 aromatic carbocycles. The Kier molecular flexibility index (Phi) is 6.41. The Bertz CT molecular complexity index is 856. The molecule has 0 bridgehead atoms. The SMILES string of the molecule is CC(C)(C)NC(=O)C(c1ccco1)N(CCO)C(=O)c1snc(C(N)=O)c1N. The number of nitrogens with two attached hydrogens (primary N) is 2. The fraction of sp³-hybridized carbons (Fsp3) is 0.412. The van der Waals surface area contributed by atoms with E-state index in [0.717, 1.165) is 4.90 Å². The first-order chi connectivity index (χ1) is 13.1. The van der Waals surface area contributed by atoms with Gasteiger partial charge in [-0.2, -0.15) is 4.37 Å². The zero-order chi connectivity index (χ0) is 21.1. The van der Waals surface area contributed by atoms with Crippen molar-refractivity contribution in [2.75, 3.05) is 18.9 Å². The molecule has 0 fully saturated rings. The van der Waals surface area contributed by atoms with Crippen molar-refractivity contribution in [1.82, 2.24) is 14.6 Å². The minimum atomic E-state index is -1.16. The van der Waals surface area contributed by atoms with E-state index in [2.05, 4.69) is 9.69 Å². The smallest absolute Gasteiger partial charge is 0.270 e. The van der Waals surface area contributed by atoms with Crippen molar-refractivity contribution >= 4 is 34.9 Å². The first-order valence-corrected chi connectivity index (χ1v) is 9.16. The molecular formula is C17H23N5O5S. The van der Waals surface area contributed by atoms with Crippen LogP contribution in [0.3, 0.4) is 0 Å². The van der Waals surface area contributed by atoms with Gasteiger partial charge in [-0.05, 0) is 44.4 Å². The van der Waals surface area contributed by atoms with Crippen molar-refractivity contribution in [2.24, 2.45) is 5.73 Å². The quantitative estimate of drug-likeness (QED) is 0.517. The van der Waals surface area contributed by atoms with Gasteiger partial charge in [0.15, 0.2) is 11.7 Å². The summed E-state index contributed by atoms with van der Waals surface area (Å²) in [4.78, 5) is 38.5. The number of carbonyl (C=O) groups is 3. The predicted molar refractivity (Wildman–Crippen MR) is 103 cm³/mol. The molecule has 0 aliphatic carbocycles. The van der Waals surface area contributed by atoms with E-state index in [-0.39, 0.29) is 28.6 Å². The van der Waals surface area contributed by atoms with Crippen LogP contribution < -0.4 is 16.8 Å². The van der Waals surface area contributed by atoms with Crippen molar-refractivity contribution < 1.29 is 23.9 Å². The van der Waals surface area contributed by atoms with Crippen LogP contribution in [0.1, 0.15) is 52.7 Å². The summed E-state index contributed by atoms with van der Waals surface area (Å²) in [6.45, 7) is 4.80. The fourth-order valence-electron chi connectivity index (χ4n) is 2.52. The van der Waals surface area contributed by atoms with Crippen LogP contribution in [0.4, 0.5) is 5.69 Å². The lowest BCUT2D eigenvalue weighted by Gasteiger charge is -2.31. The van der Waals surface area contributed by atoms with E-state index in [1.54, 1.807) is 32.9 Å². The van der Waals surface area contributed by atoms with Gasteiger partial charge in [-0.3, -0.25) is 14.4 Å². The molecule has 0 saturated heterocycles. The van der Waals surface area contributed by atoms with Crippen molar-refractivity contribution in [3.63, 3.8) is 0 Å². The maximum Gasteiger partial charge on any atom is 0.270 e. The summed E-state index contributed by atoms with van der Waals surface area (Å²) in [6.07, 6.45) is 1.38. The lowest BCUT2D eigenvalue weighted by atomic mass is 10.1. The number of primary amides is 1. The highest BCUT2D eigenvalue weighted by atomic mass is 32.1. The van der Waals surface area contributed by atoms with Gasteiger partial charge in [0.2, 0.25) is 0 Å². The average Bonchev–Trinajstić information content (AvgIpc) is 3.22. The number of aliphatic hydroxyl groups excluding tert-OH is 1. The molecule has 0 saturated carbocycles. The number of carbonyl (C=O) groups excluding carboxylic acids is 3. The van der Waals surface area contributed by atoms with E-state index < -0.39 is 35.9 Å². The largest absolute Gasteiger partial charge is 0.467 e. The van der Waals surface area contributed by atoms with Crippen molar-refractivity contribution in [3.05, 3.63) is 34.7 Å². The third-order valence-corrected chi connectivity index (χ3v) is 4.48. The molecule has 1 unspecified atom stereocenters. The molecular weight excluding hydrogens is 386 g/mol. The highest BCUT2D eigenvalue weighted by molar-refractivity contribution is 7.09. The van der Waals surface area contributed by atoms with Crippen molar-refractivity contribution in [1.29, 1.82) is 0 Å². The molecule has 2 heterocycles. The first-order valence-electron chi connectivity index (χ1n) is 8.39. The van der Waals surface area contributed by atoms with Crippen LogP contribution in [0.5, 0.6) is 0 Å². The predicted octanol–water partition coefficient (Wildman–Crippen LogP) is 0.508. The zero-order valence-corrected chi connectivity index (χ0v) is 16.6. The fourth-order valence-corrected chi connectivity index (χ4v) is 3.29. The van der Waals surface area contributed by atoms with Gasteiger partial charge in [0.25, 0.3) is 17.7 Å². The molecule has 28 heavy (non-hydrogen) atoms. The number of rotatable bonds is 7. The van der Waals surface area contributed by atoms with Crippen LogP contribution in [0.2, 0.25) is 0 Å². The monoisotopic (exact) mass is 409 g/mol. The van der Waals surface area contributed by atoms with Crippen LogP contribution in [-0.2, 0) is 4.79 Å². The minimum Gasteiger partial charge on any atom is -0.467 e. The number of amides is 3. The summed E-state index contributed by atoms with van der Waals surface area (Å²) in [5.41, 5.74) is 10.1. The van der Waals surface area contributed by atoms with Gasteiger partial charge >= 0.3 is 0 Å². The second kappa shape index (κ2) is 8.40. The summed E-state index contributed by atoms with van der Waals surface area (Å²) in [5, 5.41) is 12.3. The summed E-state index contributed by atoms with van der Waals surface area (Å²) < 4.78 is 9.18. The number of furan rings is 1. The maximum atomic E-state index is 13.1. The van der Waals surface area contributed by atoms with E-state index in [4.69, 9.17) is 15.9 Å². The number of hydrogen-bond acceptors (Lipinski definition) is 8. The van der Waals surface area contributed by atoms with Gasteiger partial charge in [-0.15, -0.1) is 0 Å². The lowest BCUT2D eigenvalue weighted by Crippen LogP contribution is -2.49. The maximum absolute atomic E-state index is 13.1. The molecule has 0 radical (unpaired) electrons. The average molecular weight is 409 g/mol. The number of hydrogen-bond donors (Lipinski definition) is 4. The molecule has 0 spiro atoms. The first kappa shape index (κ1) is 21.4. The van der Waals surface area contributed by atoms with Gasteiger partial charge < -0.3 is 31.2 Å². The number of nitrogens with zero attached hydrogens (tertiary/aromatic N) is 2. The molecule has 11 heteroatoms. The number of nitrogens with one attached hydrogen (secondary N) is 1. The highest BCUT2D eigenvalue weighted by Gasteiger charge is 2.37. The van der Waals surface area contributed by atoms with Gasteiger partial charge in [0, 0.05) is 12.1 Å². The van der Waals surface area contributed by atoms with Crippen LogP contribution in [0.15, 0.2) is 22.8 Å². The molecule has 2 aromatic rings. The molecule has 10 nitrogen and oxygen atoms in total. The Hall–Kier alpha value is -2.92. The topological polar surface area (TPSA) is 165 Å². The van der Waals surface area contributed by atoms with Gasteiger partial charge in [-0.25, -0.2) is 0 Å². The molecule has 6 N–H and O–H groups in total. The Morgan fingerprint density at radius 3 is 2.54 bits per heavy atom.